The highest BCUT2D eigenvalue weighted by molar-refractivity contribution is 5.92. The van der Waals surface area contributed by atoms with Crippen molar-refractivity contribution < 1.29 is 9.90 Å². The van der Waals surface area contributed by atoms with Gasteiger partial charge in [0.15, 0.2) is 0 Å². The number of hydrogen-bond donors (Lipinski definition) is 2. The highest BCUT2D eigenvalue weighted by Crippen LogP contribution is 2.26. The van der Waals surface area contributed by atoms with Crippen LogP contribution in [0.3, 0.4) is 0 Å². The second-order valence-electron chi connectivity index (χ2n) is 6.37. The minimum atomic E-state index is -0.0557. The fraction of sp³-hybridized carbons (Fsp3) is 0.444. The van der Waals surface area contributed by atoms with Crippen LogP contribution in [-0.4, -0.2) is 51.9 Å². The summed E-state index contributed by atoms with van der Waals surface area (Å²) >= 11 is 0. The SMILES string of the molecule is Cc1ccccc1-c1cc(NC(=O)CN(C)C2CC2)n(CCO)n1. The summed E-state index contributed by atoms with van der Waals surface area (Å²) in [7, 11) is 1.97. The molecule has 0 atom stereocenters. The van der Waals surface area contributed by atoms with Gasteiger partial charge in [0, 0.05) is 17.7 Å². The lowest BCUT2D eigenvalue weighted by Crippen LogP contribution is -2.32. The summed E-state index contributed by atoms with van der Waals surface area (Å²) in [6, 6.07) is 10.4. The molecule has 1 aromatic carbocycles. The van der Waals surface area contributed by atoms with Crippen molar-refractivity contribution in [2.45, 2.75) is 32.4 Å². The zero-order chi connectivity index (χ0) is 17.1. The van der Waals surface area contributed by atoms with E-state index in [2.05, 4.69) is 15.3 Å². The lowest BCUT2D eigenvalue weighted by molar-refractivity contribution is -0.117. The summed E-state index contributed by atoms with van der Waals surface area (Å²) < 4.78 is 1.65. The Morgan fingerprint density at radius 2 is 2.17 bits per heavy atom. The van der Waals surface area contributed by atoms with E-state index in [1.54, 1.807) is 4.68 Å². The number of nitrogens with zero attached hydrogens (tertiary/aromatic N) is 3. The van der Waals surface area contributed by atoms with Gasteiger partial charge in [-0.15, -0.1) is 0 Å². The molecule has 1 fully saturated rings. The molecule has 24 heavy (non-hydrogen) atoms. The molecule has 1 aromatic heterocycles. The molecule has 2 aromatic rings. The number of rotatable bonds is 7. The van der Waals surface area contributed by atoms with E-state index in [4.69, 9.17) is 0 Å². The third kappa shape index (κ3) is 3.83. The first kappa shape index (κ1) is 16.7. The van der Waals surface area contributed by atoms with E-state index >= 15 is 0 Å². The van der Waals surface area contributed by atoms with Crippen LogP contribution in [0.15, 0.2) is 30.3 Å². The number of aromatic nitrogens is 2. The second kappa shape index (κ2) is 7.15. The van der Waals surface area contributed by atoms with Gasteiger partial charge in [-0.25, -0.2) is 4.68 Å². The van der Waals surface area contributed by atoms with Crippen LogP contribution in [0.25, 0.3) is 11.3 Å². The number of aryl methyl sites for hydroxylation is 1. The van der Waals surface area contributed by atoms with Crippen LogP contribution >= 0.6 is 0 Å². The Balaban J connectivity index is 1.78. The molecule has 0 spiro atoms. The number of carbonyl (C=O) groups is 1. The Hall–Kier alpha value is -2.18. The first-order valence-electron chi connectivity index (χ1n) is 8.33. The maximum absolute atomic E-state index is 12.3. The van der Waals surface area contributed by atoms with Gasteiger partial charge in [-0.05, 0) is 32.4 Å². The van der Waals surface area contributed by atoms with Gasteiger partial charge >= 0.3 is 0 Å². The third-order valence-electron chi connectivity index (χ3n) is 4.34. The van der Waals surface area contributed by atoms with Crippen LogP contribution in [0.5, 0.6) is 0 Å². The van der Waals surface area contributed by atoms with E-state index in [1.165, 1.54) is 12.8 Å². The molecular formula is C18H24N4O2. The number of aliphatic hydroxyl groups is 1. The molecule has 0 bridgehead atoms. The van der Waals surface area contributed by atoms with Gasteiger partial charge in [-0.3, -0.25) is 9.69 Å². The predicted octanol–water partition coefficient (Wildman–Crippen LogP) is 1.88. The van der Waals surface area contributed by atoms with Crippen molar-refractivity contribution in [2.24, 2.45) is 0 Å². The lowest BCUT2D eigenvalue weighted by atomic mass is 10.1. The Morgan fingerprint density at radius 1 is 1.42 bits per heavy atom. The van der Waals surface area contributed by atoms with E-state index in [9.17, 15) is 9.90 Å². The van der Waals surface area contributed by atoms with Crippen molar-refractivity contribution in [1.82, 2.24) is 14.7 Å². The second-order valence-corrected chi connectivity index (χ2v) is 6.37. The number of benzene rings is 1. The molecule has 6 nitrogen and oxygen atoms in total. The van der Waals surface area contributed by atoms with Gasteiger partial charge in [0.2, 0.25) is 5.91 Å². The van der Waals surface area contributed by atoms with Crippen LogP contribution in [0.4, 0.5) is 5.82 Å². The standard InChI is InChI=1S/C18H24N4O2/c1-13-5-3-4-6-15(13)16-11-17(22(20-16)9-10-23)19-18(24)12-21(2)14-7-8-14/h3-6,11,14,23H,7-10,12H2,1-2H3,(H,19,24). The maximum Gasteiger partial charge on any atom is 0.239 e. The third-order valence-corrected chi connectivity index (χ3v) is 4.34. The fourth-order valence-corrected chi connectivity index (χ4v) is 2.83. The molecule has 2 N–H and O–H groups in total. The first-order chi connectivity index (χ1) is 11.6. The molecule has 1 heterocycles. The summed E-state index contributed by atoms with van der Waals surface area (Å²) in [5.74, 6) is 0.566. The number of anilines is 1. The highest BCUT2D eigenvalue weighted by atomic mass is 16.3. The summed E-state index contributed by atoms with van der Waals surface area (Å²) in [6.45, 7) is 2.72. The van der Waals surface area contributed by atoms with Gasteiger partial charge in [0.25, 0.3) is 0 Å². The zero-order valence-electron chi connectivity index (χ0n) is 14.2. The van der Waals surface area contributed by atoms with Gasteiger partial charge in [0.05, 0.1) is 25.4 Å². The Kier molecular flexibility index (Phi) is 4.97. The zero-order valence-corrected chi connectivity index (χ0v) is 14.2. The largest absolute Gasteiger partial charge is 0.394 e. The maximum atomic E-state index is 12.3. The monoisotopic (exact) mass is 328 g/mol. The van der Waals surface area contributed by atoms with Crippen molar-refractivity contribution >= 4 is 11.7 Å². The minimum absolute atomic E-state index is 0.0280. The number of aliphatic hydroxyl groups excluding tert-OH is 1. The van der Waals surface area contributed by atoms with Crippen molar-refractivity contribution in [3.63, 3.8) is 0 Å². The fourth-order valence-electron chi connectivity index (χ4n) is 2.83. The van der Waals surface area contributed by atoms with Crippen LogP contribution in [-0.2, 0) is 11.3 Å². The van der Waals surface area contributed by atoms with Crippen LogP contribution in [0, 0.1) is 6.92 Å². The van der Waals surface area contributed by atoms with Gasteiger partial charge < -0.3 is 10.4 Å². The predicted molar refractivity (Wildman–Crippen MR) is 93.8 cm³/mol. The molecule has 0 aliphatic heterocycles. The van der Waals surface area contributed by atoms with Crippen molar-refractivity contribution in [3.05, 3.63) is 35.9 Å². The van der Waals surface area contributed by atoms with Crippen molar-refractivity contribution in [3.8, 4) is 11.3 Å². The van der Waals surface area contributed by atoms with Crippen LogP contribution < -0.4 is 5.32 Å². The normalized spacial score (nSPS) is 14.2. The Labute approximate surface area is 142 Å². The van der Waals surface area contributed by atoms with E-state index in [0.29, 0.717) is 24.9 Å². The molecule has 6 heteroatoms. The first-order valence-corrected chi connectivity index (χ1v) is 8.33. The quantitative estimate of drug-likeness (QED) is 0.814. The Morgan fingerprint density at radius 3 is 2.83 bits per heavy atom. The molecule has 128 valence electrons. The Bertz CT molecular complexity index is 722. The molecule has 1 aliphatic rings. The van der Waals surface area contributed by atoms with E-state index in [0.717, 1.165) is 16.8 Å². The molecule has 0 saturated heterocycles. The van der Waals surface area contributed by atoms with E-state index in [-0.39, 0.29) is 12.5 Å². The molecule has 1 aliphatic carbocycles. The lowest BCUT2D eigenvalue weighted by Gasteiger charge is -2.15. The topological polar surface area (TPSA) is 70.4 Å². The molecule has 0 radical (unpaired) electrons. The van der Waals surface area contributed by atoms with E-state index < -0.39 is 0 Å². The number of nitrogens with one attached hydrogen (secondary N) is 1. The number of likely N-dealkylation sites (N-methyl/N-ethyl adjacent to an activating group) is 1. The van der Waals surface area contributed by atoms with Crippen molar-refractivity contribution in [2.75, 3.05) is 25.5 Å². The molecular weight excluding hydrogens is 304 g/mol. The smallest absolute Gasteiger partial charge is 0.239 e. The van der Waals surface area contributed by atoms with Crippen molar-refractivity contribution in [1.29, 1.82) is 0 Å². The summed E-state index contributed by atoms with van der Waals surface area (Å²) in [5, 5.41) is 16.7. The summed E-state index contributed by atoms with van der Waals surface area (Å²) in [5.41, 5.74) is 2.95. The van der Waals surface area contributed by atoms with Gasteiger partial charge in [-0.2, -0.15) is 5.10 Å². The average Bonchev–Trinajstić information content (AvgIpc) is 3.32. The number of amides is 1. The minimum Gasteiger partial charge on any atom is -0.394 e. The molecule has 0 unspecified atom stereocenters. The van der Waals surface area contributed by atoms with Gasteiger partial charge in [0.1, 0.15) is 5.82 Å². The van der Waals surface area contributed by atoms with Crippen LogP contribution in [0.2, 0.25) is 0 Å². The van der Waals surface area contributed by atoms with Crippen LogP contribution in [0.1, 0.15) is 18.4 Å². The summed E-state index contributed by atoms with van der Waals surface area (Å²) in [6.07, 6.45) is 2.34. The summed E-state index contributed by atoms with van der Waals surface area (Å²) in [4.78, 5) is 14.3. The molecule has 3 rings (SSSR count). The molecule has 1 amide bonds. The molecule has 1 saturated carbocycles. The van der Waals surface area contributed by atoms with Gasteiger partial charge in [-0.1, -0.05) is 24.3 Å². The highest BCUT2D eigenvalue weighted by Gasteiger charge is 2.27. The number of hydrogen-bond acceptors (Lipinski definition) is 4. The number of carbonyl (C=O) groups excluding carboxylic acids is 1. The average molecular weight is 328 g/mol. The van der Waals surface area contributed by atoms with E-state index in [1.807, 2.05) is 44.3 Å².